The standard InChI is InChI=1S/C6H11NO5/c8-2-1-7-3(6(11)12)5(10)4(2)9/h2-5,7-10H,1H2,(H,11,12)/t2-,3-,4+,5?/m0/s1. The van der Waals surface area contributed by atoms with Crippen LogP contribution in [0.5, 0.6) is 0 Å². The minimum absolute atomic E-state index is 0.0325. The molecule has 6 heteroatoms. The monoisotopic (exact) mass is 177 g/mol. The number of piperidine rings is 1. The molecule has 0 aromatic carbocycles. The maximum Gasteiger partial charge on any atom is 0.323 e. The van der Waals surface area contributed by atoms with Crippen LogP contribution in [0, 0.1) is 0 Å². The van der Waals surface area contributed by atoms with Crippen molar-refractivity contribution < 1.29 is 25.2 Å². The van der Waals surface area contributed by atoms with E-state index in [0.717, 1.165) is 0 Å². The Balaban J connectivity index is 2.65. The number of nitrogens with one attached hydrogen (secondary N) is 1. The Morgan fingerprint density at radius 2 is 1.83 bits per heavy atom. The van der Waals surface area contributed by atoms with Crippen LogP contribution in [0.25, 0.3) is 0 Å². The predicted octanol–water partition coefficient (Wildman–Crippen LogP) is -2.87. The summed E-state index contributed by atoms with van der Waals surface area (Å²) < 4.78 is 0. The van der Waals surface area contributed by atoms with Crippen molar-refractivity contribution in [1.29, 1.82) is 0 Å². The minimum Gasteiger partial charge on any atom is -0.480 e. The van der Waals surface area contributed by atoms with Crippen molar-refractivity contribution in [2.24, 2.45) is 0 Å². The first-order valence-electron chi connectivity index (χ1n) is 3.54. The second-order valence-electron chi connectivity index (χ2n) is 2.77. The number of aliphatic carboxylic acids is 1. The summed E-state index contributed by atoms with van der Waals surface area (Å²) in [6.45, 7) is -0.0325. The van der Waals surface area contributed by atoms with Gasteiger partial charge in [0, 0.05) is 6.54 Å². The molecule has 1 saturated heterocycles. The van der Waals surface area contributed by atoms with E-state index < -0.39 is 30.3 Å². The van der Waals surface area contributed by atoms with Gasteiger partial charge in [-0.15, -0.1) is 0 Å². The number of hydrogen-bond acceptors (Lipinski definition) is 5. The first-order chi connectivity index (χ1) is 5.54. The topological polar surface area (TPSA) is 110 Å². The van der Waals surface area contributed by atoms with E-state index in [1.54, 1.807) is 0 Å². The molecule has 12 heavy (non-hydrogen) atoms. The van der Waals surface area contributed by atoms with Crippen LogP contribution in [-0.4, -0.2) is 57.3 Å². The molecular weight excluding hydrogens is 166 g/mol. The summed E-state index contributed by atoms with van der Waals surface area (Å²) in [5.74, 6) is -1.24. The molecule has 1 heterocycles. The fraction of sp³-hybridized carbons (Fsp3) is 0.833. The molecule has 70 valence electrons. The summed E-state index contributed by atoms with van der Waals surface area (Å²) >= 11 is 0. The van der Waals surface area contributed by atoms with Gasteiger partial charge in [0.1, 0.15) is 18.2 Å². The maximum atomic E-state index is 10.4. The van der Waals surface area contributed by atoms with Crippen molar-refractivity contribution in [2.45, 2.75) is 24.4 Å². The van der Waals surface area contributed by atoms with E-state index in [-0.39, 0.29) is 6.54 Å². The second kappa shape index (κ2) is 3.36. The number of aliphatic hydroxyl groups is 3. The summed E-state index contributed by atoms with van der Waals surface area (Å²) in [5, 5.41) is 38.1. The Labute approximate surface area is 68.4 Å². The highest BCUT2D eigenvalue weighted by molar-refractivity contribution is 5.74. The van der Waals surface area contributed by atoms with E-state index >= 15 is 0 Å². The van der Waals surface area contributed by atoms with Crippen LogP contribution < -0.4 is 5.32 Å². The Morgan fingerprint density at radius 1 is 1.25 bits per heavy atom. The van der Waals surface area contributed by atoms with E-state index in [0.29, 0.717) is 0 Å². The minimum atomic E-state index is -1.47. The quantitative estimate of drug-likeness (QED) is 0.294. The highest BCUT2D eigenvalue weighted by Crippen LogP contribution is 2.10. The third-order valence-electron chi connectivity index (χ3n) is 1.90. The van der Waals surface area contributed by atoms with Gasteiger partial charge in [0.2, 0.25) is 0 Å². The molecule has 1 rings (SSSR count). The van der Waals surface area contributed by atoms with Gasteiger partial charge in [0.15, 0.2) is 0 Å². The Hall–Kier alpha value is -0.690. The second-order valence-corrected chi connectivity index (χ2v) is 2.77. The van der Waals surface area contributed by atoms with Gasteiger partial charge in [0.25, 0.3) is 0 Å². The van der Waals surface area contributed by atoms with Crippen molar-refractivity contribution in [2.75, 3.05) is 6.54 Å². The van der Waals surface area contributed by atoms with Crippen molar-refractivity contribution in [3.63, 3.8) is 0 Å². The highest BCUT2D eigenvalue weighted by atomic mass is 16.4. The van der Waals surface area contributed by atoms with Gasteiger partial charge in [-0.3, -0.25) is 10.1 Å². The van der Waals surface area contributed by atoms with E-state index in [9.17, 15) is 4.79 Å². The summed E-state index contributed by atoms with van der Waals surface area (Å²) in [5.41, 5.74) is 0. The highest BCUT2D eigenvalue weighted by Gasteiger charge is 2.39. The Morgan fingerprint density at radius 3 is 2.33 bits per heavy atom. The molecule has 5 N–H and O–H groups in total. The van der Waals surface area contributed by atoms with E-state index in [4.69, 9.17) is 20.4 Å². The lowest BCUT2D eigenvalue weighted by Gasteiger charge is -2.33. The van der Waals surface area contributed by atoms with Crippen LogP contribution in [0.2, 0.25) is 0 Å². The number of aliphatic hydroxyl groups excluding tert-OH is 3. The van der Waals surface area contributed by atoms with E-state index in [2.05, 4.69) is 5.32 Å². The molecule has 4 atom stereocenters. The van der Waals surface area contributed by atoms with Crippen molar-refractivity contribution in [1.82, 2.24) is 5.32 Å². The number of carboxylic acids is 1. The summed E-state index contributed by atoms with van der Waals surface area (Å²) in [6.07, 6.45) is -3.98. The fourth-order valence-electron chi connectivity index (χ4n) is 1.15. The molecule has 0 spiro atoms. The summed E-state index contributed by atoms with van der Waals surface area (Å²) in [6, 6.07) is -1.21. The number of carbonyl (C=O) groups is 1. The van der Waals surface area contributed by atoms with Gasteiger partial charge in [-0.05, 0) is 0 Å². The lowest BCUT2D eigenvalue weighted by atomic mass is 9.96. The number of β-amino-alcohol motifs (C(OH)–C–C–N with tert-alkyl or cyclic N) is 1. The third kappa shape index (κ3) is 1.56. The first-order valence-corrected chi connectivity index (χ1v) is 3.54. The molecule has 0 aliphatic carbocycles. The zero-order valence-electron chi connectivity index (χ0n) is 6.21. The van der Waals surface area contributed by atoms with Crippen LogP contribution in [0.1, 0.15) is 0 Å². The molecular formula is C6H11NO5. The average molecular weight is 177 g/mol. The molecule has 1 fully saturated rings. The largest absolute Gasteiger partial charge is 0.480 e. The lowest BCUT2D eigenvalue weighted by Crippen LogP contribution is -2.62. The van der Waals surface area contributed by atoms with Crippen molar-refractivity contribution in [3.8, 4) is 0 Å². The lowest BCUT2D eigenvalue weighted by molar-refractivity contribution is -0.152. The number of hydrogen-bond donors (Lipinski definition) is 5. The van der Waals surface area contributed by atoms with Gasteiger partial charge >= 0.3 is 5.97 Å². The van der Waals surface area contributed by atoms with Gasteiger partial charge in [-0.25, -0.2) is 0 Å². The zero-order chi connectivity index (χ0) is 9.30. The SMILES string of the molecule is O=C(O)[C@H]1NC[C@H](O)[C@@H](O)C1O. The fourth-order valence-corrected chi connectivity index (χ4v) is 1.15. The molecule has 1 aliphatic heterocycles. The molecule has 0 radical (unpaired) electrons. The molecule has 0 saturated carbocycles. The normalized spacial score (nSPS) is 42.6. The molecule has 0 aromatic heterocycles. The molecule has 1 unspecified atom stereocenters. The smallest absolute Gasteiger partial charge is 0.323 e. The predicted molar refractivity (Wildman–Crippen MR) is 37.4 cm³/mol. The average Bonchev–Trinajstić information content (AvgIpc) is 2.00. The van der Waals surface area contributed by atoms with Gasteiger partial charge in [-0.2, -0.15) is 0 Å². The Bertz CT molecular complexity index is 185. The molecule has 0 aromatic rings. The van der Waals surface area contributed by atoms with Crippen LogP contribution in [0.15, 0.2) is 0 Å². The number of rotatable bonds is 1. The van der Waals surface area contributed by atoms with E-state index in [1.807, 2.05) is 0 Å². The molecule has 1 aliphatic rings. The van der Waals surface area contributed by atoms with E-state index in [1.165, 1.54) is 0 Å². The third-order valence-corrected chi connectivity index (χ3v) is 1.90. The van der Waals surface area contributed by atoms with Crippen molar-refractivity contribution in [3.05, 3.63) is 0 Å². The maximum absolute atomic E-state index is 10.4. The van der Waals surface area contributed by atoms with Gasteiger partial charge < -0.3 is 20.4 Å². The number of carboxylic acid groups (broad SMARTS) is 1. The zero-order valence-corrected chi connectivity index (χ0v) is 6.21. The summed E-state index contributed by atoms with van der Waals surface area (Å²) in [4.78, 5) is 10.4. The van der Waals surface area contributed by atoms with Crippen LogP contribution in [0.4, 0.5) is 0 Å². The molecule has 6 nitrogen and oxygen atoms in total. The van der Waals surface area contributed by atoms with Gasteiger partial charge in [-0.1, -0.05) is 0 Å². The van der Waals surface area contributed by atoms with Gasteiger partial charge in [0.05, 0.1) is 6.10 Å². The van der Waals surface area contributed by atoms with Crippen molar-refractivity contribution >= 4 is 5.97 Å². The first kappa shape index (κ1) is 9.40. The molecule has 0 bridgehead atoms. The summed E-state index contributed by atoms with van der Waals surface area (Å²) in [7, 11) is 0. The molecule has 0 amide bonds. The Kier molecular flexibility index (Phi) is 2.63. The van der Waals surface area contributed by atoms with Crippen LogP contribution in [-0.2, 0) is 4.79 Å². The van der Waals surface area contributed by atoms with Crippen LogP contribution >= 0.6 is 0 Å². The van der Waals surface area contributed by atoms with Crippen LogP contribution in [0.3, 0.4) is 0 Å².